The maximum atomic E-state index is 3.80. The molecule has 1 aromatic carbocycles. The monoisotopic (exact) mass is 299 g/mol. The van der Waals surface area contributed by atoms with Crippen molar-refractivity contribution in [3.63, 3.8) is 0 Å². The van der Waals surface area contributed by atoms with E-state index in [1.165, 1.54) is 57.5 Å². The molecule has 1 aromatic rings. The molecule has 1 saturated carbocycles. The van der Waals surface area contributed by atoms with Gasteiger partial charge in [-0.1, -0.05) is 30.3 Å². The second kappa shape index (κ2) is 6.31. The van der Waals surface area contributed by atoms with Crippen molar-refractivity contribution < 1.29 is 0 Å². The molecule has 2 heterocycles. The zero-order valence-electron chi connectivity index (χ0n) is 13.7. The zero-order valence-corrected chi connectivity index (χ0v) is 13.7. The lowest BCUT2D eigenvalue weighted by molar-refractivity contribution is 0.0236. The second-order valence-electron chi connectivity index (χ2n) is 7.62. The molecule has 0 unspecified atom stereocenters. The molecule has 3 nitrogen and oxygen atoms in total. The average Bonchev–Trinajstić information content (AvgIpc) is 3.28. The number of hydrogen-bond donors (Lipinski definition) is 1. The lowest BCUT2D eigenvalue weighted by atomic mass is 9.93. The van der Waals surface area contributed by atoms with E-state index < -0.39 is 0 Å². The Balaban J connectivity index is 1.14. The molecular formula is C19H29N3. The van der Waals surface area contributed by atoms with E-state index in [1.54, 1.807) is 0 Å². The van der Waals surface area contributed by atoms with E-state index in [-0.39, 0.29) is 0 Å². The van der Waals surface area contributed by atoms with Crippen molar-refractivity contribution in [3.05, 3.63) is 35.9 Å². The highest BCUT2D eigenvalue weighted by Gasteiger charge is 2.39. The molecule has 4 rings (SSSR count). The van der Waals surface area contributed by atoms with Gasteiger partial charge in [-0.2, -0.15) is 0 Å². The third-order valence-electron chi connectivity index (χ3n) is 5.88. The van der Waals surface area contributed by atoms with E-state index in [0.29, 0.717) is 0 Å². The molecule has 3 heteroatoms. The van der Waals surface area contributed by atoms with Crippen molar-refractivity contribution in [3.8, 4) is 0 Å². The predicted molar refractivity (Wildman–Crippen MR) is 91.2 cm³/mol. The maximum Gasteiger partial charge on any atom is 0.0143 e. The summed E-state index contributed by atoms with van der Waals surface area (Å²) in [6, 6.07) is 12.6. The van der Waals surface area contributed by atoms with Crippen LogP contribution in [0.5, 0.6) is 0 Å². The highest BCUT2D eigenvalue weighted by Crippen LogP contribution is 2.40. The minimum Gasteiger partial charge on any atom is -0.313 e. The van der Waals surface area contributed by atoms with Gasteiger partial charge in [-0.25, -0.2) is 0 Å². The summed E-state index contributed by atoms with van der Waals surface area (Å²) in [5.74, 6) is 1.66. The van der Waals surface area contributed by atoms with Crippen molar-refractivity contribution in [1.82, 2.24) is 15.1 Å². The van der Waals surface area contributed by atoms with Gasteiger partial charge in [0.1, 0.15) is 0 Å². The molecule has 120 valence electrons. The third-order valence-corrected chi connectivity index (χ3v) is 5.88. The largest absolute Gasteiger partial charge is 0.313 e. The molecule has 1 N–H and O–H groups in total. The van der Waals surface area contributed by atoms with Crippen molar-refractivity contribution >= 4 is 0 Å². The van der Waals surface area contributed by atoms with Gasteiger partial charge in [0.15, 0.2) is 0 Å². The molecule has 22 heavy (non-hydrogen) atoms. The Kier molecular flexibility index (Phi) is 4.21. The van der Waals surface area contributed by atoms with Crippen LogP contribution in [0.15, 0.2) is 30.3 Å². The average molecular weight is 299 g/mol. The predicted octanol–water partition coefficient (Wildman–Crippen LogP) is 2.16. The quantitative estimate of drug-likeness (QED) is 0.899. The van der Waals surface area contributed by atoms with E-state index in [2.05, 4.69) is 52.5 Å². The molecule has 0 bridgehead atoms. The molecule has 0 amide bonds. The van der Waals surface area contributed by atoms with Crippen LogP contribution >= 0.6 is 0 Å². The molecule has 2 atom stereocenters. The summed E-state index contributed by atoms with van der Waals surface area (Å²) >= 11 is 0. The number of hydrogen-bond acceptors (Lipinski definition) is 3. The summed E-state index contributed by atoms with van der Waals surface area (Å²) in [5.41, 5.74) is 1.52. The fourth-order valence-electron chi connectivity index (χ4n) is 4.20. The van der Waals surface area contributed by atoms with Crippen LogP contribution in [-0.2, 0) is 0 Å². The highest BCUT2D eigenvalue weighted by atomic mass is 15.2. The van der Waals surface area contributed by atoms with Gasteiger partial charge >= 0.3 is 0 Å². The summed E-state index contributed by atoms with van der Waals surface area (Å²) in [7, 11) is 2.25. The Morgan fingerprint density at radius 2 is 1.82 bits per heavy atom. The minimum absolute atomic E-state index is 0.736. The highest BCUT2D eigenvalue weighted by molar-refractivity contribution is 5.27. The number of rotatable bonds is 5. The van der Waals surface area contributed by atoms with Gasteiger partial charge in [0.2, 0.25) is 0 Å². The number of benzene rings is 1. The van der Waals surface area contributed by atoms with Crippen molar-refractivity contribution in [2.75, 3.05) is 39.8 Å². The van der Waals surface area contributed by atoms with E-state index in [0.717, 1.165) is 23.9 Å². The molecule has 1 aliphatic carbocycles. The Morgan fingerprint density at radius 1 is 1.09 bits per heavy atom. The number of nitrogens with one attached hydrogen (secondary N) is 1. The van der Waals surface area contributed by atoms with Gasteiger partial charge in [0.05, 0.1) is 0 Å². The van der Waals surface area contributed by atoms with Crippen molar-refractivity contribution in [2.45, 2.75) is 37.3 Å². The van der Waals surface area contributed by atoms with Gasteiger partial charge in [-0.3, -0.25) is 4.90 Å². The smallest absolute Gasteiger partial charge is 0.0143 e. The van der Waals surface area contributed by atoms with Gasteiger partial charge in [0.25, 0.3) is 0 Å². The van der Waals surface area contributed by atoms with E-state index >= 15 is 0 Å². The number of piperidine rings is 1. The first-order valence-electron chi connectivity index (χ1n) is 9.00. The molecule has 3 aliphatic rings. The van der Waals surface area contributed by atoms with Crippen LogP contribution in [0, 0.1) is 5.92 Å². The normalized spacial score (nSPS) is 31.1. The van der Waals surface area contributed by atoms with Crippen LogP contribution in [-0.4, -0.2) is 61.7 Å². The Hall–Kier alpha value is -0.900. The fraction of sp³-hybridized carbons (Fsp3) is 0.684. The first kappa shape index (κ1) is 14.7. The third kappa shape index (κ3) is 3.22. The number of likely N-dealkylation sites (tertiary alicyclic amines) is 2. The van der Waals surface area contributed by atoms with Crippen LogP contribution < -0.4 is 5.32 Å². The number of nitrogens with zero attached hydrogens (tertiary/aromatic N) is 2. The van der Waals surface area contributed by atoms with Crippen molar-refractivity contribution in [1.29, 1.82) is 0 Å². The summed E-state index contributed by atoms with van der Waals surface area (Å²) in [6.07, 6.45) is 4.07. The van der Waals surface area contributed by atoms with E-state index in [9.17, 15) is 0 Å². The minimum atomic E-state index is 0.736. The summed E-state index contributed by atoms with van der Waals surface area (Å²) in [6.45, 7) is 6.43. The Bertz CT molecular complexity index is 475. The summed E-state index contributed by atoms with van der Waals surface area (Å²) in [5, 5.41) is 3.80. The summed E-state index contributed by atoms with van der Waals surface area (Å²) < 4.78 is 0. The van der Waals surface area contributed by atoms with Gasteiger partial charge in [-0.05, 0) is 50.9 Å². The summed E-state index contributed by atoms with van der Waals surface area (Å²) in [4.78, 5) is 5.19. The van der Waals surface area contributed by atoms with E-state index in [4.69, 9.17) is 0 Å². The first-order valence-corrected chi connectivity index (χ1v) is 9.00. The molecular weight excluding hydrogens is 270 g/mol. The molecule has 2 saturated heterocycles. The first-order chi connectivity index (χ1) is 10.8. The molecule has 0 aromatic heterocycles. The van der Waals surface area contributed by atoms with Gasteiger partial charge in [-0.15, -0.1) is 0 Å². The van der Waals surface area contributed by atoms with Crippen LogP contribution in [0.2, 0.25) is 0 Å². The Labute approximate surface area is 134 Å². The second-order valence-corrected chi connectivity index (χ2v) is 7.62. The lowest BCUT2D eigenvalue weighted by Crippen LogP contribution is -2.57. The van der Waals surface area contributed by atoms with Gasteiger partial charge < -0.3 is 10.2 Å². The molecule has 0 radical (unpaired) electrons. The SMILES string of the molecule is CN1CCC(N2CC(CN[C@@H]3C[C@H]3c3ccccc3)C2)CC1. The van der Waals surface area contributed by atoms with Crippen LogP contribution in [0.4, 0.5) is 0 Å². The zero-order chi connectivity index (χ0) is 14.9. The Morgan fingerprint density at radius 3 is 2.55 bits per heavy atom. The maximum absolute atomic E-state index is 3.80. The standard InChI is InChI=1S/C19H29N3/c1-21-9-7-17(8-10-21)22-13-15(14-22)12-20-19-11-18(19)16-5-3-2-4-6-16/h2-6,15,17-20H,7-14H2,1H3/t18-,19+/m0/s1. The van der Waals surface area contributed by atoms with Crippen LogP contribution in [0.3, 0.4) is 0 Å². The fourth-order valence-corrected chi connectivity index (χ4v) is 4.20. The van der Waals surface area contributed by atoms with E-state index in [1.807, 2.05) is 0 Å². The molecule has 0 spiro atoms. The van der Waals surface area contributed by atoms with Crippen LogP contribution in [0.1, 0.15) is 30.7 Å². The molecule has 3 fully saturated rings. The topological polar surface area (TPSA) is 18.5 Å². The lowest BCUT2D eigenvalue weighted by Gasteiger charge is -2.47. The molecule has 2 aliphatic heterocycles. The van der Waals surface area contributed by atoms with Crippen molar-refractivity contribution in [2.24, 2.45) is 5.92 Å². The van der Waals surface area contributed by atoms with Crippen LogP contribution in [0.25, 0.3) is 0 Å². The van der Waals surface area contributed by atoms with Gasteiger partial charge in [0, 0.05) is 37.6 Å².